The molecule has 1 saturated heterocycles. The lowest BCUT2D eigenvalue weighted by atomic mass is 9.78. The molecule has 7 nitrogen and oxygen atoms in total. The van der Waals surface area contributed by atoms with Crippen LogP contribution in [0.1, 0.15) is 25.0 Å². The van der Waals surface area contributed by atoms with E-state index in [2.05, 4.69) is 13.8 Å². The molecule has 9 heteroatoms. The van der Waals surface area contributed by atoms with Crippen molar-refractivity contribution in [3.05, 3.63) is 108 Å². The molecule has 0 aromatic heterocycles. The van der Waals surface area contributed by atoms with Crippen LogP contribution in [0.2, 0.25) is 0 Å². The Morgan fingerprint density at radius 1 is 0.667 bits per heavy atom. The molecule has 1 aliphatic rings. The Hall–Kier alpha value is -3.72. The van der Waals surface area contributed by atoms with Crippen LogP contribution in [0, 0.1) is 0 Å². The predicted octanol–water partition coefficient (Wildman–Crippen LogP) is 5.98. The number of aromatic hydroxyl groups is 4. The Morgan fingerprint density at radius 3 is 1.18 bits per heavy atom. The maximum Gasteiger partial charge on any atom is 0.206 e. The topological polar surface area (TPSA) is 128 Å². The van der Waals surface area contributed by atoms with Crippen molar-refractivity contribution in [2.75, 3.05) is 12.5 Å². The van der Waals surface area contributed by atoms with Gasteiger partial charge in [-0.15, -0.1) is 11.6 Å². The van der Waals surface area contributed by atoms with Gasteiger partial charge in [0.15, 0.2) is 0 Å². The van der Waals surface area contributed by atoms with E-state index in [1.165, 1.54) is 48.5 Å². The Kier molecular flexibility index (Phi) is 9.86. The van der Waals surface area contributed by atoms with E-state index in [1.807, 2.05) is 24.3 Å². The van der Waals surface area contributed by atoms with Crippen LogP contribution in [0.3, 0.4) is 0 Å². The summed E-state index contributed by atoms with van der Waals surface area (Å²) in [5.41, 5.74) is 2.10. The van der Waals surface area contributed by atoms with Gasteiger partial charge in [-0.1, -0.05) is 38.1 Å². The Balaban J connectivity index is 0.000000183. The molecule has 206 valence electrons. The van der Waals surface area contributed by atoms with Crippen LogP contribution in [-0.4, -0.2) is 47.4 Å². The summed E-state index contributed by atoms with van der Waals surface area (Å²) in [4.78, 5) is 0.196. The maximum absolute atomic E-state index is 12.1. The number of hydrogen-bond donors (Lipinski definition) is 4. The number of hydrogen-bond acceptors (Lipinski definition) is 7. The van der Waals surface area contributed by atoms with Crippen LogP contribution in [0.5, 0.6) is 23.0 Å². The molecule has 4 aromatic carbocycles. The van der Waals surface area contributed by atoms with Crippen LogP contribution in [-0.2, 0) is 20.0 Å². The van der Waals surface area contributed by atoms with Crippen LogP contribution < -0.4 is 0 Å². The lowest BCUT2D eigenvalue weighted by molar-refractivity contribution is 0.425. The van der Waals surface area contributed by atoms with Gasteiger partial charge in [-0.25, -0.2) is 8.42 Å². The third kappa shape index (κ3) is 8.38. The second kappa shape index (κ2) is 12.9. The van der Waals surface area contributed by atoms with Gasteiger partial charge in [-0.3, -0.25) is 0 Å². The van der Waals surface area contributed by atoms with Crippen molar-refractivity contribution >= 4 is 21.4 Å². The highest BCUT2D eigenvalue weighted by Crippen LogP contribution is 2.33. The molecule has 1 heterocycles. The average molecular weight is 571 g/mol. The molecule has 0 bridgehead atoms. The maximum atomic E-state index is 12.1. The molecule has 0 aliphatic carbocycles. The van der Waals surface area contributed by atoms with E-state index in [9.17, 15) is 18.6 Å². The van der Waals surface area contributed by atoms with Crippen molar-refractivity contribution in [1.29, 1.82) is 0 Å². The number of sulfone groups is 1. The fraction of sp³-hybridized carbons (Fsp3) is 0.200. The summed E-state index contributed by atoms with van der Waals surface area (Å²) in [7, 11) is -3.59. The molecule has 0 spiro atoms. The highest BCUT2D eigenvalue weighted by Gasteiger charge is 2.23. The van der Waals surface area contributed by atoms with Gasteiger partial charge in [0.25, 0.3) is 0 Å². The van der Waals surface area contributed by atoms with Crippen molar-refractivity contribution in [3.8, 4) is 23.0 Å². The molecule has 4 N–H and O–H groups in total. The van der Waals surface area contributed by atoms with E-state index in [0.717, 1.165) is 17.7 Å². The third-order valence-corrected chi connectivity index (χ3v) is 8.18. The number of halogens is 1. The van der Waals surface area contributed by atoms with Gasteiger partial charge < -0.3 is 25.2 Å². The second-order valence-corrected chi connectivity index (χ2v) is 11.6. The van der Waals surface area contributed by atoms with E-state index >= 15 is 0 Å². The van der Waals surface area contributed by atoms with Crippen LogP contribution >= 0.6 is 11.6 Å². The average Bonchev–Trinajstić information content (AvgIpc) is 3.76. The van der Waals surface area contributed by atoms with Gasteiger partial charge in [0, 0.05) is 5.41 Å². The molecule has 1 fully saturated rings. The Morgan fingerprint density at radius 2 is 0.949 bits per heavy atom. The molecule has 1 atom stereocenters. The number of phenols is 4. The van der Waals surface area contributed by atoms with Crippen molar-refractivity contribution in [2.45, 2.75) is 35.2 Å². The molecule has 4 aromatic rings. The first-order chi connectivity index (χ1) is 18.4. The Labute approximate surface area is 233 Å². The summed E-state index contributed by atoms with van der Waals surface area (Å²) in [6.45, 7) is 5.11. The number of epoxide rings is 1. The molecular weight excluding hydrogens is 540 g/mol. The van der Waals surface area contributed by atoms with E-state index in [1.54, 1.807) is 24.3 Å². The molecule has 0 radical (unpaired) electrons. The molecule has 39 heavy (non-hydrogen) atoms. The third-order valence-electron chi connectivity index (χ3n) is 6.05. The number of benzene rings is 4. The zero-order valence-electron chi connectivity index (χ0n) is 21.5. The minimum Gasteiger partial charge on any atom is -0.508 e. The molecule has 5 rings (SSSR count). The summed E-state index contributed by atoms with van der Waals surface area (Å²) in [6.07, 6.45) is 0.400. The van der Waals surface area contributed by atoms with Crippen LogP contribution in [0.4, 0.5) is 0 Å². The van der Waals surface area contributed by atoms with Crippen molar-refractivity contribution in [3.63, 3.8) is 0 Å². The normalized spacial score (nSPS) is 14.3. The zero-order valence-corrected chi connectivity index (χ0v) is 23.1. The van der Waals surface area contributed by atoms with Gasteiger partial charge >= 0.3 is 0 Å². The predicted molar refractivity (Wildman–Crippen MR) is 150 cm³/mol. The van der Waals surface area contributed by atoms with E-state index in [4.69, 9.17) is 26.6 Å². The first-order valence-electron chi connectivity index (χ1n) is 12.0. The number of phenolic OH excluding ortho intramolecular Hbond substituents is 4. The van der Waals surface area contributed by atoms with Crippen molar-refractivity contribution < 1.29 is 33.6 Å². The number of ether oxygens (including phenoxy) is 1. The Bertz CT molecular complexity index is 1330. The fourth-order valence-electron chi connectivity index (χ4n) is 3.47. The summed E-state index contributed by atoms with van der Waals surface area (Å²) in [5.74, 6) is 1.23. The molecule has 0 saturated carbocycles. The summed E-state index contributed by atoms with van der Waals surface area (Å²) < 4.78 is 28.9. The standard InChI is InChI=1S/C15H16O2.C12H10O4S.C3H5ClO/c1-15(2,11-3-7-13(16)8-4-11)12-5-9-14(17)10-6-12;13-9-1-5-11(6-2-9)17(15,16)12-7-3-10(14)4-8-12;4-1-3-2-5-3/h3-10,16-17H,1-2H3;1-8,13-14H;3H,1-2H2. The van der Waals surface area contributed by atoms with Gasteiger partial charge in [0.2, 0.25) is 9.84 Å². The minimum atomic E-state index is -3.59. The number of alkyl halides is 1. The van der Waals surface area contributed by atoms with E-state index < -0.39 is 9.84 Å². The molecule has 1 aliphatic heterocycles. The number of rotatable bonds is 5. The SMILES string of the molecule is CC(C)(c1ccc(O)cc1)c1ccc(O)cc1.ClCC1CO1.O=S(=O)(c1ccc(O)cc1)c1ccc(O)cc1. The first kappa shape index (κ1) is 29.8. The van der Waals surface area contributed by atoms with E-state index in [0.29, 0.717) is 12.0 Å². The van der Waals surface area contributed by atoms with Crippen LogP contribution in [0.25, 0.3) is 0 Å². The molecule has 0 amide bonds. The molecular formula is C30H31ClO7S. The lowest BCUT2D eigenvalue weighted by Gasteiger charge is -2.26. The zero-order chi connectivity index (χ0) is 28.6. The fourth-order valence-corrected chi connectivity index (χ4v) is 4.91. The lowest BCUT2D eigenvalue weighted by Crippen LogP contribution is -2.18. The largest absolute Gasteiger partial charge is 0.508 e. The summed E-state index contributed by atoms with van der Waals surface area (Å²) in [5, 5.41) is 36.8. The minimum absolute atomic E-state index is 0.00894. The smallest absolute Gasteiger partial charge is 0.206 e. The monoisotopic (exact) mass is 570 g/mol. The summed E-state index contributed by atoms with van der Waals surface area (Å²) in [6, 6.07) is 25.0. The second-order valence-electron chi connectivity index (χ2n) is 9.32. The highest BCUT2D eigenvalue weighted by molar-refractivity contribution is 7.91. The van der Waals surface area contributed by atoms with Gasteiger partial charge in [0.1, 0.15) is 23.0 Å². The van der Waals surface area contributed by atoms with E-state index in [-0.39, 0.29) is 38.2 Å². The quantitative estimate of drug-likeness (QED) is 0.172. The highest BCUT2D eigenvalue weighted by atomic mass is 35.5. The van der Waals surface area contributed by atoms with Crippen LogP contribution in [0.15, 0.2) is 107 Å². The molecule has 1 unspecified atom stereocenters. The van der Waals surface area contributed by atoms with Crippen molar-refractivity contribution in [2.24, 2.45) is 0 Å². The van der Waals surface area contributed by atoms with Gasteiger partial charge in [-0.2, -0.15) is 0 Å². The van der Waals surface area contributed by atoms with Gasteiger partial charge in [0.05, 0.1) is 28.4 Å². The first-order valence-corrected chi connectivity index (χ1v) is 14.0. The summed E-state index contributed by atoms with van der Waals surface area (Å²) >= 11 is 5.27. The van der Waals surface area contributed by atoms with Gasteiger partial charge in [-0.05, 0) is 83.9 Å². The van der Waals surface area contributed by atoms with Crippen molar-refractivity contribution in [1.82, 2.24) is 0 Å².